The highest BCUT2D eigenvalue weighted by Gasteiger charge is 2.46. The fraction of sp³-hybridized carbons (Fsp3) is 0.462. The molecule has 8 heteroatoms. The van der Waals surface area contributed by atoms with Crippen LogP contribution in [-0.4, -0.2) is 49.2 Å². The molecular formula is C13H18ClN3O3S. The molecule has 1 fully saturated rings. The van der Waals surface area contributed by atoms with E-state index in [1.807, 2.05) is 0 Å². The number of nitrogen functional groups attached to an aromatic ring is 1. The molecule has 1 aliphatic heterocycles. The summed E-state index contributed by atoms with van der Waals surface area (Å²) in [6.07, 6.45) is 0. The van der Waals surface area contributed by atoms with Crippen LogP contribution in [-0.2, 0) is 14.8 Å². The molecule has 1 saturated heterocycles. The Morgan fingerprint density at radius 1 is 1.29 bits per heavy atom. The molecule has 116 valence electrons. The summed E-state index contributed by atoms with van der Waals surface area (Å²) in [4.78, 5) is 13.8. The maximum absolute atomic E-state index is 12.8. The molecule has 2 rings (SSSR count). The van der Waals surface area contributed by atoms with Gasteiger partial charge in [-0.1, -0.05) is 11.6 Å². The summed E-state index contributed by atoms with van der Waals surface area (Å²) in [5, 5.41) is 0.294. The lowest BCUT2D eigenvalue weighted by Crippen LogP contribution is -2.63. The SMILES string of the molecule is CN1CCN(S(=O)(=O)c2ccc(Cl)c(N)c2)C(C)(C)C1=O. The highest BCUT2D eigenvalue weighted by molar-refractivity contribution is 7.89. The van der Waals surface area contributed by atoms with E-state index in [9.17, 15) is 13.2 Å². The summed E-state index contributed by atoms with van der Waals surface area (Å²) in [7, 11) is -2.16. The molecule has 1 amide bonds. The second-order valence-electron chi connectivity index (χ2n) is 5.55. The van der Waals surface area contributed by atoms with Gasteiger partial charge >= 0.3 is 0 Å². The first kappa shape index (κ1) is 16.1. The largest absolute Gasteiger partial charge is 0.397 e. The van der Waals surface area contributed by atoms with Gasteiger partial charge in [-0.25, -0.2) is 8.42 Å². The molecule has 0 spiro atoms. The summed E-state index contributed by atoms with van der Waals surface area (Å²) in [6.45, 7) is 3.79. The summed E-state index contributed by atoms with van der Waals surface area (Å²) in [5.74, 6) is -0.237. The fourth-order valence-electron chi connectivity index (χ4n) is 2.43. The van der Waals surface area contributed by atoms with Crippen LogP contribution in [0, 0.1) is 0 Å². The Hall–Kier alpha value is -1.31. The van der Waals surface area contributed by atoms with E-state index in [4.69, 9.17) is 17.3 Å². The van der Waals surface area contributed by atoms with E-state index in [-0.39, 0.29) is 23.0 Å². The molecule has 0 radical (unpaired) electrons. The van der Waals surface area contributed by atoms with Gasteiger partial charge in [0.25, 0.3) is 0 Å². The lowest BCUT2D eigenvalue weighted by Gasteiger charge is -2.43. The Labute approximate surface area is 129 Å². The zero-order valence-electron chi connectivity index (χ0n) is 12.1. The van der Waals surface area contributed by atoms with Crippen LogP contribution in [0.2, 0.25) is 5.02 Å². The standard InChI is InChI=1S/C13H18ClN3O3S/c1-13(2)12(18)16(3)6-7-17(13)21(19,20)9-4-5-10(14)11(15)8-9/h4-5,8H,6-7,15H2,1-3H3. The first-order valence-corrected chi connectivity index (χ1v) is 8.23. The van der Waals surface area contributed by atoms with Gasteiger partial charge in [0.15, 0.2) is 0 Å². The molecular weight excluding hydrogens is 314 g/mol. The lowest BCUT2D eigenvalue weighted by atomic mass is 10.0. The number of likely N-dealkylation sites (N-methyl/N-ethyl adjacent to an activating group) is 1. The topological polar surface area (TPSA) is 83.7 Å². The number of nitrogens with two attached hydrogens (primary N) is 1. The highest BCUT2D eigenvalue weighted by Crippen LogP contribution is 2.31. The van der Waals surface area contributed by atoms with Gasteiger partial charge in [0.1, 0.15) is 5.54 Å². The van der Waals surface area contributed by atoms with Crippen molar-refractivity contribution in [1.82, 2.24) is 9.21 Å². The number of benzene rings is 1. The molecule has 21 heavy (non-hydrogen) atoms. The van der Waals surface area contributed by atoms with Crippen LogP contribution in [0.3, 0.4) is 0 Å². The van der Waals surface area contributed by atoms with Crippen molar-refractivity contribution >= 4 is 33.2 Å². The molecule has 2 N–H and O–H groups in total. The molecule has 0 atom stereocenters. The van der Waals surface area contributed by atoms with Gasteiger partial charge in [0.05, 0.1) is 15.6 Å². The van der Waals surface area contributed by atoms with Gasteiger partial charge in [-0.3, -0.25) is 4.79 Å². The van der Waals surface area contributed by atoms with Crippen molar-refractivity contribution in [3.63, 3.8) is 0 Å². The van der Waals surface area contributed by atoms with E-state index in [2.05, 4.69) is 0 Å². The van der Waals surface area contributed by atoms with Crippen molar-refractivity contribution in [3.8, 4) is 0 Å². The molecule has 0 aromatic heterocycles. The van der Waals surface area contributed by atoms with E-state index < -0.39 is 15.6 Å². The number of anilines is 1. The van der Waals surface area contributed by atoms with E-state index in [1.54, 1.807) is 20.9 Å². The molecule has 0 bridgehead atoms. The van der Waals surface area contributed by atoms with Gasteiger partial charge < -0.3 is 10.6 Å². The fourth-order valence-corrected chi connectivity index (χ4v) is 4.31. The Morgan fingerprint density at radius 3 is 2.48 bits per heavy atom. The summed E-state index contributed by atoms with van der Waals surface area (Å²) in [6, 6.07) is 4.15. The number of halogens is 1. The van der Waals surface area contributed by atoms with Crippen LogP contribution >= 0.6 is 11.6 Å². The number of piperazine rings is 1. The van der Waals surface area contributed by atoms with Gasteiger partial charge in [0, 0.05) is 20.1 Å². The molecule has 1 heterocycles. The number of nitrogens with zero attached hydrogens (tertiary/aromatic N) is 2. The number of sulfonamides is 1. The number of carbonyl (C=O) groups excluding carboxylic acids is 1. The second-order valence-corrected chi connectivity index (χ2v) is 7.82. The Kier molecular flexibility index (Phi) is 3.94. The van der Waals surface area contributed by atoms with Gasteiger partial charge in [-0.05, 0) is 32.0 Å². The molecule has 1 aromatic carbocycles. The van der Waals surface area contributed by atoms with Gasteiger partial charge in [-0.2, -0.15) is 4.31 Å². The third kappa shape index (κ3) is 2.61. The van der Waals surface area contributed by atoms with E-state index in [0.717, 1.165) is 0 Å². The molecule has 1 aromatic rings. The third-order valence-corrected chi connectivity index (χ3v) is 6.10. The molecule has 0 aliphatic carbocycles. The van der Waals surface area contributed by atoms with Crippen molar-refractivity contribution in [2.75, 3.05) is 25.9 Å². The third-order valence-electron chi connectivity index (χ3n) is 3.69. The monoisotopic (exact) mass is 331 g/mol. The minimum atomic E-state index is -3.82. The van der Waals surface area contributed by atoms with Crippen molar-refractivity contribution in [2.24, 2.45) is 0 Å². The minimum Gasteiger partial charge on any atom is -0.397 e. The Morgan fingerprint density at radius 2 is 1.90 bits per heavy atom. The van der Waals surface area contributed by atoms with Gasteiger partial charge in [-0.15, -0.1) is 0 Å². The van der Waals surface area contributed by atoms with Crippen molar-refractivity contribution in [3.05, 3.63) is 23.2 Å². The van der Waals surface area contributed by atoms with Crippen LogP contribution in [0.25, 0.3) is 0 Å². The smallest absolute Gasteiger partial charge is 0.244 e. The zero-order chi connectivity index (χ0) is 16.0. The van der Waals surface area contributed by atoms with Crippen molar-refractivity contribution < 1.29 is 13.2 Å². The first-order chi connectivity index (χ1) is 9.58. The van der Waals surface area contributed by atoms with Crippen LogP contribution in [0.1, 0.15) is 13.8 Å². The van der Waals surface area contributed by atoms with Crippen molar-refractivity contribution in [2.45, 2.75) is 24.3 Å². The van der Waals surface area contributed by atoms with Gasteiger partial charge in [0.2, 0.25) is 15.9 Å². The molecule has 0 saturated carbocycles. The van der Waals surface area contributed by atoms with Crippen molar-refractivity contribution in [1.29, 1.82) is 0 Å². The predicted octanol–water partition coefficient (Wildman–Crippen LogP) is 1.16. The van der Waals surface area contributed by atoms with Crippen LogP contribution < -0.4 is 5.73 Å². The van der Waals surface area contributed by atoms with E-state index in [0.29, 0.717) is 11.6 Å². The number of carbonyl (C=O) groups is 1. The zero-order valence-corrected chi connectivity index (χ0v) is 13.7. The normalized spacial score (nSPS) is 19.8. The summed E-state index contributed by atoms with van der Waals surface area (Å²) >= 11 is 5.82. The average Bonchev–Trinajstić information content (AvgIpc) is 2.38. The Bertz CT molecular complexity index is 688. The number of rotatable bonds is 2. The van der Waals surface area contributed by atoms with E-state index in [1.165, 1.54) is 27.4 Å². The molecule has 0 unspecified atom stereocenters. The highest BCUT2D eigenvalue weighted by atomic mass is 35.5. The maximum atomic E-state index is 12.8. The van der Waals surface area contributed by atoms with E-state index >= 15 is 0 Å². The van der Waals surface area contributed by atoms with Crippen LogP contribution in [0.15, 0.2) is 23.1 Å². The second kappa shape index (κ2) is 5.15. The maximum Gasteiger partial charge on any atom is 0.244 e. The summed E-state index contributed by atoms with van der Waals surface area (Å²) < 4.78 is 26.8. The Balaban J connectivity index is 2.48. The minimum absolute atomic E-state index is 0.0369. The first-order valence-electron chi connectivity index (χ1n) is 6.42. The van der Waals surface area contributed by atoms with Crippen LogP contribution in [0.5, 0.6) is 0 Å². The number of hydrogen-bond acceptors (Lipinski definition) is 4. The lowest BCUT2D eigenvalue weighted by molar-refractivity contribution is -0.142. The number of hydrogen-bond donors (Lipinski definition) is 1. The molecule has 1 aliphatic rings. The average molecular weight is 332 g/mol. The molecule has 6 nitrogen and oxygen atoms in total. The number of amides is 1. The predicted molar refractivity (Wildman–Crippen MR) is 81.5 cm³/mol. The quantitative estimate of drug-likeness (QED) is 0.824. The van der Waals surface area contributed by atoms with Crippen LogP contribution in [0.4, 0.5) is 5.69 Å². The summed E-state index contributed by atoms with van der Waals surface area (Å²) in [5.41, 5.74) is 4.73.